The lowest BCUT2D eigenvalue weighted by atomic mass is 10.2. The zero-order valence-corrected chi connectivity index (χ0v) is 12.0. The molecule has 1 N–H and O–H groups in total. The quantitative estimate of drug-likeness (QED) is 0.854. The van der Waals surface area contributed by atoms with Crippen LogP contribution in [0.2, 0.25) is 0 Å². The molecule has 21 heavy (non-hydrogen) atoms. The lowest BCUT2D eigenvalue weighted by Crippen LogP contribution is -2.13. The van der Waals surface area contributed by atoms with Crippen LogP contribution in [-0.4, -0.2) is 11.7 Å². The fraction of sp³-hybridized carbons (Fsp3) is 0.125. The summed E-state index contributed by atoms with van der Waals surface area (Å²) in [5.41, 5.74) is 0.925. The summed E-state index contributed by atoms with van der Waals surface area (Å²) in [5.74, 6) is 0.000803. The second-order valence-electron chi connectivity index (χ2n) is 4.23. The molecular formula is C16H13FN2OS. The second-order valence-corrected chi connectivity index (χ2v) is 5.37. The Morgan fingerprint density at radius 2 is 1.90 bits per heavy atom. The first-order valence-corrected chi connectivity index (χ1v) is 7.35. The Hall–Kier alpha value is -2.32. The maximum absolute atomic E-state index is 13.4. The number of amides is 1. The van der Waals surface area contributed by atoms with Crippen molar-refractivity contribution in [1.82, 2.24) is 0 Å². The number of carbonyl (C=O) groups is 1. The number of benzene rings is 2. The molecule has 0 aliphatic rings. The van der Waals surface area contributed by atoms with Crippen molar-refractivity contribution in [2.24, 2.45) is 0 Å². The zero-order chi connectivity index (χ0) is 15.1. The number of thioether (sulfide) groups is 1. The highest BCUT2D eigenvalue weighted by atomic mass is 32.2. The number of nitrogens with zero attached hydrogens (tertiary/aromatic N) is 1. The van der Waals surface area contributed by atoms with Crippen LogP contribution in [0.4, 0.5) is 10.1 Å². The Kier molecular flexibility index (Phi) is 5.35. The standard InChI is InChI=1S/C16H13FN2OS/c17-13-6-2-4-8-15(13)21-10-9-16(20)19-14-7-3-1-5-12(14)11-18/h1-8H,9-10H2,(H,19,20). The van der Waals surface area contributed by atoms with Crippen LogP contribution >= 0.6 is 11.8 Å². The van der Waals surface area contributed by atoms with Crippen molar-refractivity contribution >= 4 is 23.4 Å². The Labute approximate surface area is 126 Å². The number of nitriles is 1. The molecule has 0 saturated carbocycles. The van der Waals surface area contributed by atoms with Crippen molar-refractivity contribution in [3.05, 3.63) is 59.9 Å². The molecule has 5 heteroatoms. The third-order valence-electron chi connectivity index (χ3n) is 2.74. The number of nitrogens with one attached hydrogen (secondary N) is 1. The Balaban J connectivity index is 1.86. The van der Waals surface area contributed by atoms with Crippen LogP contribution in [-0.2, 0) is 4.79 Å². The molecule has 0 bridgehead atoms. The molecule has 0 radical (unpaired) electrons. The molecule has 0 atom stereocenters. The second kappa shape index (κ2) is 7.46. The molecular weight excluding hydrogens is 287 g/mol. The van der Waals surface area contributed by atoms with E-state index in [9.17, 15) is 9.18 Å². The van der Waals surface area contributed by atoms with Crippen molar-refractivity contribution in [2.75, 3.05) is 11.1 Å². The van der Waals surface area contributed by atoms with Gasteiger partial charge in [0.2, 0.25) is 5.91 Å². The summed E-state index contributed by atoms with van der Waals surface area (Å²) in [6, 6.07) is 15.3. The van der Waals surface area contributed by atoms with Gasteiger partial charge in [-0.15, -0.1) is 11.8 Å². The van der Waals surface area contributed by atoms with Crippen LogP contribution in [0.5, 0.6) is 0 Å². The fourth-order valence-electron chi connectivity index (χ4n) is 1.72. The predicted octanol–water partition coefficient (Wildman–Crippen LogP) is 3.82. The van der Waals surface area contributed by atoms with Gasteiger partial charge in [-0.3, -0.25) is 4.79 Å². The summed E-state index contributed by atoms with van der Waals surface area (Å²) in [5, 5.41) is 11.6. The van der Waals surface area contributed by atoms with Crippen LogP contribution in [0.1, 0.15) is 12.0 Å². The topological polar surface area (TPSA) is 52.9 Å². The molecule has 0 aliphatic heterocycles. The maximum Gasteiger partial charge on any atom is 0.225 e. The molecule has 0 spiro atoms. The van der Waals surface area contributed by atoms with E-state index in [0.717, 1.165) is 0 Å². The minimum Gasteiger partial charge on any atom is -0.325 e. The highest BCUT2D eigenvalue weighted by Gasteiger charge is 2.07. The van der Waals surface area contributed by atoms with Crippen molar-refractivity contribution in [1.29, 1.82) is 5.26 Å². The largest absolute Gasteiger partial charge is 0.325 e. The summed E-state index contributed by atoms with van der Waals surface area (Å²) in [6.07, 6.45) is 0.249. The van der Waals surface area contributed by atoms with Crippen molar-refractivity contribution in [3.8, 4) is 6.07 Å². The summed E-state index contributed by atoms with van der Waals surface area (Å²) in [7, 11) is 0. The van der Waals surface area contributed by atoms with Crippen molar-refractivity contribution < 1.29 is 9.18 Å². The first kappa shape index (κ1) is 15.1. The van der Waals surface area contributed by atoms with E-state index < -0.39 is 0 Å². The van der Waals surface area contributed by atoms with Crippen LogP contribution in [0.25, 0.3) is 0 Å². The smallest absolute Gasteiger partial charge is 0.225 e. The van der Waals surface area contributed by atoms with E-state index in [-0.39, 0.29) is 18.1 Å². The van der Waals surface area contributed by atoms with Gasteiger partial charge in [-0.05, 0) is 24.3 Å². The number of anilines is 1. The summed E-state index contributed by atoms with van der Waals surface area (Å²) in [6.45, 7) is 0. The average Bonchev–Trinajstić information content (AvgIpc) is 2.50. The van der Waals surface area contributed by atoms with Gasteiger partial charge in [0.05, 0.1) is 11.3 Å². The predicted molar refractivity (Wildman–Crippen MR) is 81.5 cm³/mol. The Morgan fingerprint density at radius 1 is 1.19 bits per heavy atom. The normalized spacial score (nSPS) is 9.90. The number of para-hydroxylation sites is 1. The van der Waals surface area contributed by atoms with Crippen LogP contribution in [0.15, 0.2) is 53.4 Å². The first-order chi connectivity index (χ1) is 10.2. The van der Waals surface area contributed by atoms with Crippen LogP contribution in [0.3, 0.4) is 0 Å². The highest BCUT2D eigenvalue weighted by molar-refractivity contribution is 7.99. The minimum absolute atomic E-state index is 0.193. The van der Waals surface area contributed by atoms with E-state index in [1.54, 1.807) is 42.5 Å². The molecule has 0 aromatic heterocycles. The molecule has 106 valence electrons. The fourth-order valence-corrected chi connectivity index (χ4v) is 2.61. The van der Waals surface area contributed by atoms with E-state index in [2.05, 4.69) is 5.32 Å². The van der Waals surface area contributed by atoms with E-state index >= 15 is 0 Å². The van der Waals surface area contributed by atoms with Crippen LogP contribution in [0, 0.1) is 17.1 Å². The lowest BCUT2D eigenvalue weighted by molar-refractivity contribution is -0.115. The average molecular weight is 300 g/mol. The minimum atomic E-state index is -0.280. The van der Waals surface area contributed by atoms with E-state index in [1.807, 2.05) is 6.07 Å². The van der Waals surface area contributed by atoms with E-state index in [0.29, 0.717) is 21.9 Å². The van der Waals surface area contributed by atoms with Gasteiger partial charge in [0, 0.05) is 17.1 Å². The third kappa shape index (κ3) is 4.33. The molecule has 2 rings (SSSR count). The Morgan fingerprint density at radius 3 is 2.67 bits per heavy atom. The lowest BCUT2D eigenvalue weighted by Gasteiger charge is -2.07. The van der Waals surface area contributed by atoms with E-state index in [4.69, 9.17) is 5.26 Å². The van der Waals surface area contributed by atoms with Crippen molar-refractivity contribution in [3.63, 3.8) is 0 Å². The van der Waals surface area contributed by atoms with Gasteiger partial charge in [0.25, 0.3) is 0 Å². The first-order valence-electron chi connectivity index (χ1n) is 6.37. The van der Waals surface area contributed by atoms with Gasteiger partial charge >= 0.3 is 0 Å². The molecule has 2 aromatic carbocycles. The van der Waals surface area contributed by atoms with Gasteiger partial charge in [-0.25, -0.2) is 4.39 Å². The number of carbonyl (C=O) groups excluding carboxylic acids is 1. The molecule has 0 unspecified atom stereocenters. The maximum atomic E-state index is 13.4. The molecule has 0 aliphatic carbocycles. The summed E-state index contributed by atoms with van der Waals surface area (Å²) >= 11 is 1.30. The number of hydrogen-bond donors (Lipinski definition) is 1. The third-order valence-corrected chi connectivity index (χ3v) is 3.80. The Bertz CT molecular complexity index is 682. The summed E-state index contributed by atoms with van der Waals surface area (Å²) < 4.78 is 13.4. The molecule has 0 heterocycles. The van der Waals surface area contributed by atoms with E-state index in [1.165, 1.54) is 17.8 Å². The number of halogens is 1. The SMILES string of the molecule is N#Cc1ccccc1NC(=O)CCSc1ccccc1F. The van der Waals surface area contributed by atoms with Crippen molar-refractivity contribution in [2.45, 2.75) is 11.3 Å². The van der Waals surface area contributed by atoms with Gasteiger partial charge in [-0.2, -0.15) is 5.26 Å². The molecule has 3 nitrogen and oxygen atoms in total. The molecule has 0 fully saturated rings. The van der Waals surface area contributed by atoms with Gasteiger partial charge < -0.3 is 5.32 Å². The van der Waals surface area contributed by atoms with Gasteiger partial charge in [0.15, 0.2) is 0 Å². The van der Waals surface area contributed by atoms with Crippen LogP contribution < -0.4 is 5.32 Å². The monoisotopic (exact) mass is 300 g/mol. The summed E-state index contributed by atoms with van der Waals surface area (Å²) in [4.78, 5) is 12.4. The molecule has 0 saturated heterocycles. The van der Waals surface area contributed by atoms with Gasteiger partial charge in [0.1, 0.15) is 11.9 Å². The van der Waals surface area contributed by atoms with Gasteiger partial charge in [-0.1, -0.05) is 24.3 Å². The molecule has 2 aromatic rings. The highest BCUT2D eigenvalue weighted by Crippen LogP contribution is 2.22. The number of rotatable bonds is 5. The zero-order valence-electron chi connectivity index (χ0n) is 11.2. The molecule has 1 amide bonds. The number of hydrogen-bond acceptors (Lipinski definition) is 3.